The Balaban J connectivity index is 1.74. The van der Waals surface area contributed by atoms with Crippen molar-refractivity contribution < 1.29 is 4.79 Å². The monoisotopic (exact) mass is 419 g/mol. The fourth-order valence-corrected chi connectivity index (χ4v) is 5.30. The minimum absolute atomic E-state index is 0.0537. The van der Waals surface area contributed by atoms with Crippen LogP contribution in [0.1, 0.15) is 39.2 Å². The number of nitrogens with zero attached hydrogens (tertiary/aromatic N) is 3. The van der Waals surface area contributed by atoms with Gasteiger partial charge in [-0.05, 0) is 59.9 Å². The second-order valence-electron chi connectivity index (χ2n) is 10.0. The summed E-state index contributed by atoms with van der Waals surface area (Å²) in [4.78, 5) is 30.6. The van der Waals surface area contributed by atoms with Crippen LogP contribution >= 0.6 is 0 Å². The third-order valence-electron chi connectivity index (χ3n) is 7.33. The molecule has 1 aromatic carbocycles. The summed E-state index contributed by atoms with van der Waals surface area (Å²) in [5.74, 6) is 0.902. The Hall–Kier alpha value is -2.82. The van der Waals surface area contributed by atoms with Gasteiger partial charge in [0.1, 0.15) is 5.70 Å². The minimum atomic E-state index is -0.192. The molecule has 0 spiro atoms. The van der Waals surface area contributed by atoms with Crippen LogP contribution in [0.3, 0.4) is 0 Å². The Morgan fingerprint density at radius 3 is 2.48 bits per heavy atom. The van der Waals surface area contributed by atoms with Gasteiger partial charge in [0.05, 0.1) is 0 Å². The molecule has 2 bridgehead atoms. The Labute approximate surface area is 185 Å². The second kappa shape index (κ2) is 8.03. The molecular formula is C26H33N3O2. The fraction of sp³-hybridized carbons (Fsp3) is 0.462. The first-order chi connectivity index (χ1) is 14.7. The number of amides is 1. The van der Waals surface area contributed by atoms with E-state index in [1.807, 2.05) is 54.2 Å². The van der Waals surface area contributed by atoms with E-state index in [0.717, 1.165) is 30.6 Å². The van der Waals surface area contributed by atoms with Gasteiger partial charge in [-0.25, -0.2) is 0 Å². The highest BCUT2D eigenvalue weighted by Gasteiger charge is 2.49. The van der Waals surface area contributed by atoms with Crippen LogP contribution in [0, 0.1) is 17.3 Å². The smallest absolute Gasteiger partial charge is 0.271 e. The van der Waals surface area contributed by atoms with E-state index in [4.69, 9.17) is 0 Å². The van der Waals surface area contributed by atoms with Crippen molar-refractivity contribution in [2.75, 3.05) is 25.5 Å². The van der Waals surface area contributed by atoms with Crippen LogP contribution in [-0.4, -0.2) is 42.1 Å². The zero-order valence-corrected chi connectivity index (χ0v) is 19.2. The molecule has 3 unspecified atom stereocenters. The number of carbonyl (C=O) groups is 1. The molecular weight excluding hydrogens is 386 g/mol. The highest BCUT2D eigenvalue weighted by atomic mass is 16.2. The molecule has 31 heavy (non-hydrogen) atoms. The highest BCUT2D eigenvalue weighted by Crippen LogP contribution is 2.49. The molecule has 4 rings (SSSR count). The lowest BCUT2D eigenvalue weighted by Crippen LogP contribution is -2.45. The third kappa shape index (κ3) is 4.06. The zero-order valence-electron chi connectivity index (χ0n) is 19.2. The summed E-state index contributed by atoms with van der Waals surface area (Å²) in [6.07, 6.45) is 5.74. The van der Waals surface area contributed by atoms with E-state index >= 15 is 0 Å². The number of benzene rings is 1. The number of carbonyl (C=O) groups excluding carboxylic acids is 1. The summed E-state index contributed by atoms with van der Waals surface area (Å²) >= 11 is 0. The van der Waals surface area contributed by atoms with Crippen molar-refractivity contribution in [1.82, 2.24) is 9.47 Å². The number of likely N-dealkylation sites (tertiary alicyclic amines) is 1. The van der Waals surface area contributed by atoms with Gasteiger partial charge in [0.15, 0.2) is 0 Å². The number of rotatable bonds is 4. The van der Waals surface area contributed by atoms with Crippen LogP contribution in [0.5, 0.6) is 0 Å². The van der Waals surface area contributed by atoms with Gasteiger partial charge in [-0.3, -0.25) is 14.2 Å². The van der Waals surface area contributed by atoms with Gasteiger partial charge in [-0.2, -0.15) is 0 Å². The standard InChI is InChI=1S/C26H33N3O2/c1-18-22-15-20(16-26(18,2)3)17-29(22)25(31)23(28-13-7-6-8-24(28)30)14-19-9-11-21(12-10-19)27(4)5/h6-14,18,20,22H,15-17H2,1-5H3/b23-14+. The van der Waals surface area contributed by atoms with Crippen LogP contribution in [0.25, 0.3) is 11.8 Å². The van der Waals surface area contributed by atoms with Crippen LogP contribution in [0.15, 0.2) is 53.5 Å². The van der Waals surface area contributed by atoms with Crippen LogP contribution in [0.2, 0.25) is 0 Å². The fourth-order valence-electron chi connectivity index (χ4n) is 5.30. The van der Waals surface area contributed by atoms with Gasteiger partial charge < -0.3 is 9.80 Å². The van der Waals surface area contributed by atoms with Gasteiger partial charge in [-0.15, -0.1) is 0 Å². The lowest BCUT2D eigenvalue weighted by molar-refractivity contribution is -0.127. The average Bonchev–Trinajstić information content (AvgIpc) is 3.10. The van der Waals surface area contributed by atoms with Crippen LogP contribution in [-0.2, 0) is 4.79 Å². The van der Waals surface area contributed by atoms with E-state index < -0.39 is 0 Å². The first kappa shape index (κ1) is 21.4. The molecule has 1 saturated carbocycles. The predicted molar refractivity (Wildman–Crippen MR) is 127 cm³/mol. The average molecular weight is 420 g/mol. The molecule has 1 amide bonds. The van der Waals surface area contributed by atoms with Crippen LogP contribution in [0.4, 0.5) is 5.69 Å². The van der Waals surface area contributed by atoms with Gasteiger partial charge in [-0.1, -0.05) is 39.0 Å². The van der Waals surface area contributed by atoms with E-state index in [2.05, 4.69) is 20.8 Å². The van der Waals surface area contributed by atoms with Gasteiger partial charge in [0.25, 0.3) is 11.5 Å². The van der Waals surface area contributed by atoms with E-state index in [-0.39, 0.29) is 22.9 Å². The Kier molecular flexibility index (Phi) is 5.54. The van der Waals surface area contributed by atoms with Gasteiger partial charge in [0.2, 0.25) is 0 Å². The topological polar surface area (TPSA) is 45.6 Å². The van der Waals surface area contributed by atoms with E-state index in [1.165, 1.54) is 10.6 Å². The Morgan fingerprint density at radius 2 is 1.84 bits per heavy atom. The summed E-state index contributed by atoms with van der Waals surface area (Å²) in [5, 5.41) is 0. The van der Waals surface area contributed by atoms with Gasteiger partial charge >= 0.3 is 0 Å². The summed E-state index contributed by atoms with van der Waals surface area (Å²) in [6.45, 7) is 7.67. The number of anilines is 1. The summed E-state index contributed by atoms with van der Waals surface area (Å²) in [6, 6.07) is 13.3. The molecule has 2 aromatic rings. The number of hydrogen-bond donors (Lipinski definition) is 0. The summed E-state index contributed by atoms with van der Waals surface area (Å²) in [5.41, 5.74) is 2.44. The lowest BCUT2D eigenvalue weighted by atomic mass is 9.65. The van der Waals surface area contributed by atoms with Crippen molar-refractivity contribution in [1.29, 1.82) is 0 Å². The van der Waals surface area contributed by atoms with Crippen molar-refractivity contribution in [3.63, 3.8) is 0 Å². The first-order valence-corrected chi connectivity index (χ1v) is 11.2. The molecule has 2 aliphatic rings. The van der Waals surface area contributed by atoms with E-state index in [0.29, 0.717) is 17.5 Å². The minimum Gasteiger partial charge on any atom is -0.378 e. The first-order valence-electron chi connectivity index (χ1n) is 11.2. The van der Waals surface area contributed by atoms with Crippen molar-refractivity contribution >= 4 is 23.4 Å². The van der Waals surface area contributed by atoms with Crippen molar-refractivity contribution in [3.8, 4) is 0 Å². The highest BCUT2D eigenvalue weighted by molar-refractivity contribution is 6.18. The van der Waals surface area contributed by atoms with Crippen LogP contribution < -0.4 is 10.5 Å². The molecule has 3 atom stereocenters. The maximum atomic E-state index is 13.9. The van der Waals surface area contributed by atoms with Gasteiger partial charge in [0, 0.05) is 44.6 Å². The van der Waals surface area contributed by atoms with E-state index in [1.54, 1.807) is 18.3 Å². The molecule has 5 nitrogen and oxygen atoms in total. The normalized spacial score (nSPS) is 24.9. The second-order valence-corrected chi connectivity index (χ2v) is 10.0. The van der Waals surface area contributed by atoms with E-state index in [9.17, 15) is 9.59 Å². The summed E-state index contributed by atoms with van der Waals surface area (Å²) < 4.78 is 1.49. The molecule has 164 valence electrons. The number of hydrogen-bond acceptors (Lipinski definition) is 3. The number of aromatic nitrogens is 1. The predicted octanol–water partition coefficient (Wildman–Crippen LogP) is 4.20. The molecule has 0 N–H and O–H groups in total. The molecule has 2 heterocycles. The van der Waals surface area contributed by atoms with Crippen molar-refractivity contribution in [3.05, 3.63) is 64.6 Å². The molecule has 1 saturated heterocycles. The summed E-state index contributed by atoms with van der Waals surface area (Å²) in [7, 11) is 3.99. The largest absolute Gasteiger partial charge is 0.378 e. The molecule has 1 aromatic heterocycles. The van der Waals surface area contributed by atoms with Crippen molar-refractivity contribution in [2.24, 2.45) is 17.3 Å². The maximum absolute atomic E-state index is 13.9. The molecule has 5 heteroatoms. The maximum Gasteiger partial charge on any atom is 0.271 e. The molecule has 0 radical (unpaired) electrons. The zero-order chi connectivity index (χ0) is 22.3. The molecule has 1 aliphatic carbocycles. The number of fused-ring (bicyclic) bond motifs is 2. The third-order valence-corrected chi connectivity index (χ3v) is 7.33. The molecule has 2 fully saturated rings. The quantitative estimate of drug-likeness (QED) is 0.698. The SMILES string of the molecule is CC1C2CC(CN2C(=O)/C(=C\c2ccc(N(C)C)cc2)n2ccccc2=O)CC1(C)C. The number of pyridine rings is 1. The Bertz CT molecular complexity index is 1050. The van der Waals surface area contributed by atoms with Crippen molar-refractivity contribution in [2.45, 2.75) is 39.7 Å². The lowest BCUT2D eigenvalue weighted by Gasteiger charge is -2.42. The Morgan fingerprint density at radius 1 is 1.13 bits per heavy atom. The molecule has 1 aliphatic heterocycles.